The highest BCUT2D eigenvalue weighted by atomic mass is 35.5. The second-order valence-electron chi connectivity index (χ2n) is 4.74. The molecule has 1 aromatic carbocycles. The van der Waals surface area contributed by atoms with Crippen LogP contribution in [0.15, 0.2) is 35.9 Å². The first kappa shape index (κ1) is 17.7. The molecule has 1 aromatic heterocycles. The number of aromatic nitrogens is 1. The third kappa shape index (κ3) is 3.65. The number of benzene rings is 1. The quantitative estimate of drug-likeness (QED) is 0.386. The maximum absolute atomic E-state index is 12.1. The first-order valence-corrected chi connectivity index (χ1v) is 7.77. The summed E-state index contributed by atoms with van der Waals surface area (Å²) in [5.41, 5.74) is 6.28. The lowest BCUT2D eigenvalue weighted by molar-refractivity contribution is -0.146. The lowest BCUT2D eigenvalue weighted by atomic mass is 10.1. The van der Waals surface area contributed by atoms with Crippen molar-refractivity contribution in [1.29, 1.82) is 0 Å². The number of halogens is 1. The summed E-state index contributed by atoms with van der Waals surface area (Å²) in [7, 11) is 0. The fourth-order valence-electron chi connectivity index (χ4n) is 2.11. The van der Waals surface area contributed by atoms with E-state index in [4.69, 9.17) is 26.8 Å². The maximum atomic E-state index is 12.1. The van der Waals surface area contributed by atoms with Crippen molar-refractivity contribution in [2.24, 2.45) is 5.73 Å². The first-order chi connectivity index (χ1) is 11.5. The fraction of sp³-hybridized carbons (Fsp3) is 0.235. The molecule has 0 spiro atoms. The molecule has 6 nitrogen and oxygen atoms in total. The number of carbonyl (C=O) groups excluding carboxylic acids is 2. The molecule has 2 rings (SSSR count). The van der Waals surface area contributed by atoms with E-state index in [0.717, 1.165) is 5.39 Å². The zero-order valence-electron chi connectivity index (χ0n) is 13.3. The van der Waals surface area contributed by atoms with Crippen molar-refractivity contribution < 1.29 is 19.1 Å². The Morgan fingerprint density at radius 3 is 2.29 bits per heavy atom. The zero-order valence-corrected chi connectivity index (χ0v) is 14.1. The fourth-order valence-corrected chi connectivity index (χ4v) is 2.37. The van der Waals surface area contributed by atoms with Gasteiger partial charge in [0.15, 0.2) is 5.57 Å². The van der Waals surface area contributed by atoms with Crippen LogP contribution in [0.25, 0.3) is 16.6 Å². The molecule has 0 saturated carbocycles. The molecule has 0 radical (unpaired) electrons. The van der Waals surface area contributed by atoms with E-state index in [2.05, 4.69) is 4.98 Å². The highest BCUT2D eigenvalue weighted by molar-refractivity contribution is 6.35. The van der Waals surface area contributed by atoms with Crippen LogP contribution in [0.4, 0.5) is 0 Å². The molecular weight excluding hydrogens is 332 g/mol. The smallest absolute Gasteiger partial charge is 0.347 e. The molecule has 0 bridgehead atoms. The number of nitrogens with zero attached hydrogens (tertiary/aromatic N) is 1. The van der Waals surface area contributed by atoms with E-state index in [9.17, 15) is 9.59 Å². The number of esters is 2. The SMILES string of the molecule is CCOC(=O)C(C(=O)OCC)=C(N)c1cc(Cl)c2ccccc2n1. The van der Waals surface area contributed by atoms with Gasteiger partial charge >= 0.3 is 11.9 Å². The van der Waals surface area contributed by atoms with Gasteiger partial charge < -0.3 is 15.2 Å². The number of pyridine rings is 1. The number of hydrogen-bond acceptors (Lipinski definition) is 6. The molecule has 2 aromatic rings. The van der Waals surface area contributed by atoms with Gasteiger partial charge in [0.05, 0.1) is 35.1 Å². The van der Waals surface area contributed by atoms with Gasteiger partial charge in [0.25, 0.3) is 0 Å². The Morgan fingerprint density at radius 1 is 1.12 bits per heavy atom. The molecule has 24 heavy (non-hydrogen) atoms. The molecule has 0 aliphatic carbocycles. The molecule has 126 valence electrons. The molecule has 2 N–H and O–H groups in total. The maximum Gasteiger partial charge on any atom is 0.347 e. The van der Waals surface area contributed by atoms with E-state index in [1.165, 1.54) is 6.07 Å². The number of ether oxygens (including phenoxy) is 2. The number of nitrogens with two attached hydrogens (primary N) is 1. The van der Waals surface area contributed by atoms with E-state index in [-0.39, 0.29) is 24.6 Å². The Labute approximate surface area is 144 Å². The molecule has 0 aliphatic rings. The largest absolute Gasteiger partial charge is 0.462 e. The van der Waals surface area contributed by atoms with Crippen molar-refractivity contribution >= 4 is 40.1 Å². The summed E-state index contributed by atoms with van der Waals surface area (Å²) < 4.78 is 9.79. The van der Waals surface area contributed by atoms with E-state index in [1.807, 2.05) is 12.1 Å². The molecule has 0 aliphatic heterocycles. The number of para-hydroxylation sites is 1. The molecule has 0 fully saturated rings. The van der Waals surface area contributed by atoms with Gasteiger partial charge in [-0.25, -0.2) is 14.6 Å². The van der Waals surface area contributed by atoms with Crippen LogP contribution in [0, 0.1) is 0 Å². The standard InChI is InChI=1S/C17H17ClN2O4/c1-3-23-16(21)14(17(22)24-4-2)15(19)13-9-11(18)10-7-5-6-8-12(10)20-13/h5-9H,3-4,19H2,1-2H3. The number of fused-ring (bicyclic) bond motifs is 1. The van der Waals surface area contributed by atoms with Crippen LogP contribution < -0.4 is 5.73 Å². The van der Waals surface area contributed by atoms with Crippen LogP contribution in [0.3, 0.4) is 0 Å². The second kappa shape index (κ2) is 7.79. The van der Waals surface area contributed by atoms with E-state index < -0.39 is 17.5 Å². The molecular formula is C17H17ClN2O4. The summed E-state index contributed by atoms with van der Waals surface area (Å²) in [4.78, 5) is 28.6. The van der Waals surface area contributed by atoms with Crippen molar-refractivity contribution in [3.8, 4) is 0 Å². The van der Waals surface area contributed by atoms with Gasteiger partial charge in [-0.05, 0) is 26.0 Å². The van der Waals surface area contributed by atoms with Gasteiger partial charge in [0.2, 0.25) is 0 Å². The Balaban J connectivity index is 2.61. The topological polar surface area (TPSA) is 91.5 Å². The van der Waals surface area contributed by atoms with Gasteiger partial charge in [0, 0.05) is 5.39 Å². The van der Waals surface area contributed by atoms with Gasteiger partial charge in [-0.2, -0.15) is 0 Å². The normalized spacial score (nSPS) is 10.3. The van der Waals surface area contributed by atoms with E-state index >= 15 is 0 Å². The molecule has 0 unspecified atom stereocenters. The summed E-state index contributed by atoms with van der Waals surface area (Å²) in [6.07, 6.45) is 0. The van der Waals surface area contributed by atoms with Crippen molar-refractivity contribution in [3.05, 3.63) is 46.6 Å². The zero-order chi connectivity index (χ0) is 17.7. The molecule has 0 atom stereocenters. The van der Waals surface area contributed by atoms with Crippen molar-refractivity contribution in [1.82, 2.24) is 4.98 Å². The summed E-state index contributed by atoms with van der Waals surface area (Å²) in [6, 6.07) is 8.69. The summed E-state index contributed by atoms with van der Waals surface area (Å²) in [5.74, 6) is -1.72. The van der Waals surface area contributed by atoms with Crippen LogP contribution in [0.2, 0.25) is 5.02 Å². The van der Waals surface area contributed by atoms with E-state index in [1.54, 1.807) is 26.0 Å². The first-order valence-electron chi connectivity index (χ1n) is 7.39. The third-order valence-electron chi connectivity index (χ3n) is 3.17. The van der Waals surface area contributed by atoms with Crippen LogP contribution in [0.1, 0.15) is 19.5 Å². The van der Waals surface area contributed by atoms with Crippen LogP contribution >= 0.6 is 11.6 Å². The minimum absolute atomic E-state index is 0.0981. The average Bonchev–Trinajstić information content (AvgIpc) is 2.55. The highest BCUT2D eigenvalue weighted by Crippen LogP contribution is 2.26. The van der Waals surface area contributed by atoms with Crippen LogP contribution in [-0.4, -0.2) is 30.1 Å². The number of hydrogen-bond donors (Lipinski definition) is 1. The van der Waals surface area contributed by atoms with E-state index in [0.29, 0.717) is 10.5 Å². The summed E-state index contributed by atoms with van der Waals surface area (Å²) >= 11 is 6.24. The Kier molecular flexibility index (Phi) is 5.76. The van der Waals surface area contributed by atoms with Crippen molar-refractivity contribution in [2.45, 2.75) is 13.8 Å². The van der Waals surface area contributed by atoms with Gasteiger partial charge in [-0.3, -0.25) is 0 Å². The lowest BCUT2D eigenvalue weighted by Crippen LogP contribution is -2.23. The van der Waals surface area contributed by atoms with Crippen LogP contribution in [-0.2, 0) is 19.1 Å². The average molecular weight is 349 g/mol. The monoisotopic (exact) mass is 348 g/mol. The molecule has 1 heterocycles. The predicted molar refractivity (Wildman–Crippen MR) is 91.1 cm³/mol. The van der Waals surface area contributed by atoms with Gasteiger partial charge in [0.1, 0.15) is 0 Å². The summed E-state index contributed by atoms with van der Waals surface area (Å²) in [5, 5.41) is 1.15. The van der Waals surface area contributed by atoms with Crippen LogP contribution in [0.5, 0.6) is 0 Å². The van der Waals surface area contributed by atoms with Gasteiger partial charge in [-0.1, -0.05) is 29.8 Å². The number of carbonyl (C=O) groups is 2. The Morgan fingerprint density at radius 2 is 1.71 bits per heavy atom. The lowest BCUT2D eigenvalue weighted by Gasteiger charge is -2.11. The Bertz CT molecular complexity index is 797. The highest BCUT2D eigenvalue weighted by Gasteiger charge is 2.26. The molecule has 0 amide bonds. The minimum atomic E-state index is -0.862. The summed E-state index contributed by atoms with van der Waals surface area (Å²) in [6.45, 7) is 3.45. The minimum Gasteiger partial charge on any atom is -0.462 e. The number of rotatable bonds is 5. The van der Waals surface area contributed by atoms with Crippen molar-refractivity contribution in [2.75, 3.05) is 13.2 Å². The Hall–Kier alpha value is -2.60. The third-order valence-corrected chi connectivity index (χ3v) is 3.48. The predicted octanol–water partition coefficient (Wildman–Crippen LogP) is 2.68. The molecule has 7 heteroatoms. The second-order valence-corrected chi connectivity index (χ2v) is 5.14. The van der Waals surface area contributed by atoms with Crippen molar-refractivity contribution in [3.63, 3.8) is 0 Å². The molecule has 0 saturated heterocycles. The van der Waals surface area contributed by atoms with Gasteiger partial charge in [-0.15, -0.1) is 0 Å².